The first kappa shape index (κ1) is 11.3. The van der Waals surface area contributed by atoms with Gasteiger partial charge in [0.05, 0.1) is 0 Å². The second-order valence-corrected chi connectivity index (χ2v) is 4.94. The Hall–Kier alpha value is -1.80. The maximum absolute atomic E-state index is 6.05. The predicted octanol–water partition coefficient (Wildman–Crippen LogP) is 4.77. The third kappa shape index (κ3) is 2.00. The number of rotatable bonds is 1. The van der Waals surface area contributed by atoms with Crippen molar-refractivity contribution < 1.29 is 4.42 Å². The highest BCUT2D eigenvalue weighted by Gasteiger charge is 2.09. The molecule has 0 aliphatic carbocycles. The molecule has 1 aromatic heterocycles. The molecular weight excluding hydrogens is 246 g/mol. The summed E-state index contributed by atoms with van der Waals surface area (Å²) in [6.45, 7) is 4.04. The van der Waals surface area contributed by atoms with E-state index in [9.17, 15) is 0 Å². The van der Waals surface area contributed by atoms with E-state index in [0.717, 1.165) is 27.8 Å². The third-order valence-electron chi connectivity index (χ3n) is 2.83. The number of benzene rings is 2. The summed E-state index contributed by atoms with van der Waals surface area (Å²) in [6.07, 6.45) is 0. The number of aryl methyl sites for hydroxylation is 2. The molecule has 0 aliphatic rings. The summed E-state index contributed by atoms with van der Waals surface area (Å²) in [7, 11) is 0. The Labute approximate surface area is 110 Å². The minimum absolute atomic E-state index is 0.612. The first-order chi connectivity index (χ1) is 8.61. The van der Waals surface area contributed by atoms with Crippen molar-refractivity contribution in [2.75, 3.05) is 0 Å². The van der Waals surface area contributed by atoms with E-state index in [0.29, 0.717) is 10.9 Å². The number of hydrogen-bond donors (Lipinski definition) is 0. The van der Waals surface area contributed by atoms with Crippen LogP contribution in [0.4, 0.5) is 0 Å². The van der Waals surface area contributed by atoms with Gasteiger partial charge in [-0.2, -0.15) is 0 Å². The summed E-state index contributed by atoms with van der Waals surface area (Å²) < 4.78 is 5.78. The molecule has 0 saturated heterocycles. The smallest absolute Gasteiger partial charge is 0.227 e. The van der Waals surface area contributed by atoms with Gasteiger partial charge in [0.1, 0.15) is 5.52 Å². The molecule has 18 heavy (non-hydrogen) atoms. The van der Waals surface area contributed by atoms with Gasteiger partial charge in [0.2, 0.25) is 5.89 Å². The summed E-state index contributed by atoms with van der Waals surface area (Å²) in [5, 5.41) is 0.698. The van der Waals surface area contributed by atoms with Gasteiger partial charge in [-0.15, -0.1) is 0 Å². The lowest BCUT2D eigenvalue weighted by atomic mass is 10.1. The zero-order valence-electron chi connectivity index (χ0n) is 10.2. The van der Waals surface area contributed by atoms with Crippen molar-refractivity contribution in [1.82, 2.24) is 4.98 Å². The van der Waals surface area contributed by atoms with Crippen LogP contribution in [0.5, 0.6) is 0 Å². The first-order valence-electron chi connectivity index (χ1n) is 5.76. The van der Waals surface area contributed by atoms with E-state index >= 15 is 0 Å². The highest BCUT2D eigenvalue weighted by Crippen LogP contribution is 2.27. The zero-order valence-corrected chi connectivity index (χ0v) is 11.0. The van der Waals surface area contributed by atoms with Crippen molar-refractivity contribution in [2.24, 2.45) is 0 Å². The number of aromatic nitrogens is 1. The first-order valence-corrected chi connectivity index (χ1v) is 6.14. The fourth-order valence-corrected chi connectivity index (χ4v) is 2.30. The molecule has 0 amide bonds. The number of halogens is 1. The SMILES string of the molecule is Cc1cc(Cl)cc(-c2nc3ccc(C)cc3o2)c1. The van der Waals surface area contributed by atoms with E-state index in [4.69, 9.17) is 16.0 Å². The zero-order chi connectivity index (χ0) is 12.7. The molecule has 2 aromatic carbocycles. The summed E-state index contributed by atoms with van der Waals surface area (Å²) in [4.78, 5) is 4.48. The van der Waals surface area contributed by atoms with E-state index in [1.807, 2.05) is 50.2 Å². The minimum atomic E-state index is 0.612. The summed E-state index contributed by atoms with van der Waals surface area (Å²) in [6, 6.07) is 11.8. The molecule has 90 valence electrons. The summed E-state index contributed by atoms with van der Waals surface area (Å²) in [5.74, 6) is 0.612. The molecule has 0 aliphatic heterocycles. The van der Waals surface area contributed by atoms with Crippen LogP contribution in [-0.4, -0.2) is 4.98 Å². The third-order valence-corrected chi connectivity index (χ3v) is 3.05. The molecule has 2 nitrogen and oxygen atoms in total. The molecule has 0 N–H and O–H groups in total. The van der Waals surface area contributed by atoms with Gasteiger partial charge in [-0.05, 0) is 55.3 Å². The quantitative estimate of drug-likeness (QED) is 0.628. The van der Waals surface area contributed by atoms with Gasteiger partial charge in [-0.25, -0.2) is 4.98 Å². The predicted molar refractivity (Wildman–Crippen MR) is 73.9 cm³/mol. The molecule has 0 fully saturated rings. The second-order valence-electron chi connectivity index (χ2n) is 4.51. The average Bonchev–Trinajstić information content (AvgIpc) is 2.70. The van der Waals surface area contributed by atoms with Crippen LogP contribution in [0.3, 0.4) is 0 Å². The van der Waals surface area contributed by atoms with Crippen molar-refractivity contribution >= 4 is 22.7 Å². The van der Waals surface area contributed by atoms with E-state index in [-0.39, 0.29) is 0 Å². The fourth-order valence-electron chi connectivity index (χ4n) is 2.02. The molecule has 0 radical (unpaired) electrons. The Morgan fingerprint density at radius 2 is 1.83 bits per heavy atom. The Balaban J connectivity index is 2.19. The number of hydrogen-bond acceptors (Lipinski definition) is 2. The Morgan fingerprint density at radius 1 is 1.00 bits per heavy atom. The van der Waals surface area contributed by atoms with Crippen LogP contribution in [0.15, 0.2) is 40.8 Å². The van der Waals surface area contributed by atoms with E-state index in [2.05, 4.69) is 4.98 Å². The van der Waals surface area contributed by atoms with Gasteiger partial charge in [-0.3, -0.25) is 0 Å². The van der Waals surface area contributed by atoms with Crippen molar-refractivity contribution in [3.8, 4) is 11.5 Å². The second kappa shape index (κ2) is 4.14. The van der Waals surface area contributed by atoms with E-state index < -0.39 is 0 Å². The van der Waals surface area contributed by atoms with Gasteiger partial charge in [0, 0.05) is 10.6 Å². The monoisotopic (exact) mass is 257 g/mol. The normalized spacial score (nSPS) is 11.1. The topological polar surface area (TPSA) is 26.0 Å². The highest BCUT2D eigenvalue weighted by atomic mass is 35.5. The van der Waals surface area contributed by atoms with Crippen molar-refractivity contribution in [2.45, 2.75) is 13.8 Å². The Kier molecular flexibility index (Phi) is 2.60. The molecule has 0 saturated carbocycles. The van der Waals surface area contributed by atoms with Crippen LogP contribution in [0.1, 0.15) is 11.1 Å². The molecule has 1 heterocycles. The molecule has 0 spiro atoms. The van der Waals surface area contributed by atoms with Crippen molar-refractivity contribution in [1.29, 1.82) is 0 Å². The van der Waals surface area contributed by atoms with Crippen molar-refractivity contribution in [3.05, 3.63) is 52.5 Å². The molecule has 3 heteroatoms. The lowest BCUT2D eigenvalue weighted by molar-refractivity contribution is 0.619. The maximum atomic E-state index is 6.05. The molecular formula is C15H12ClNO. The Bertz CT molecular complexity index is 710. The van der Waals surface area contributed by atoms with Gasteiger partial charge < -0.3 is 4.42 Å². The molecule has 3 rings (SSSR count). The van der Waals surface area contributed by atoms with Crippen LogP contribution in [0.25, 0.3) is 22.6 Å². The lowest BCUT2D eigenvalue weighted by Crippen LogP contribution is -1.80. The largest absolute Gasteiger partial charge is 0.436 e. The minimum Gasteiger partial charge on any atom is -0.436 e. The molecule has 0 unspecified atom stereocenters. The lowest BCUT2D eigenvalue weighted by Gasteiger charge is -1.98. The van der Waals surface area contributed by atoms with E-state index in [1.165, 1.54) is 0 Å². The molecule has 3 aromatic rings. The fraction of sp³-hybridized carbons (Fsp3) is 0.133. The van der Waals surface area contributed by atoms with Gasteiger partial charge in [0.15, 0.2) is 5.58 Å². The van der Waals surface area contributed by atoms with Gasteiger partial charge in [-0.1, -0.05) is 17.7 Å². The van der Waals surface area contributed by atoms with Gasteiger partial charge in [0.25, 0.3) is 0 Å². The van der Waals surface area contributed by atoms with Gasteiger partial charge >= 0.3 is 0 Å². The number of oxazole rings is 1. The summed E-state index contributed by atoms with van der Waals surface area (Å²) >= 11 is 6.05. The van der Waals surface area contributed by atoms with Crippen LogP contribution in [0, 0.1) is 13.8 Å². The molecule has 0 bridgehead atoms. The number of fused-ring (bicyclic) bond motifs is 1. The summed E-state index contributed by atoms with van der Waals surface area (Å²) in [5.41, 5.74) is 4.84. The Morgan fingerprint density at radius 3 is 2.61 bits per heavy atom. The van der Waals surface area contributed by atoms with Crippen LogP contribution < -0.4 is 0 Å². The van der Waals surface area contributed by atoms with Crippen LogP contribution in [0.2, 0.25) is 5.02 Å². The number of nitrogens with zero attached hydrogens (tertiary/aromatic N) is 1. The maximum Gasteiger partial charge on any atom is 0.227 e. The van der Waals surface area contributed by atoms with E-state index in [1.54, 1.807) is 0 Å². The average molecular weight is 258 g/mol. The standard InChI is InChI=1S/C15H12ClNO/c1-9-3-4-13-14(7-9)18-15(17-13)11-5-10(2)6-12(16)8-11/h3-8H,1-2H3. The highest BCUT2D eigenvalue weighted by molar-refractivity contribution is 6.30. The van der Waals surface area contributed by atoms with Crippen LogP contribution >= 0.6 is 11.6 Å². The van der Waals surface area contributed by atoms with Crippen LogP contribution in [-0.2, 0) is 0 Å². The molecule has 0 atom stereocenters. The van der Waals surface area contributed by atoms with Crippen molar-refractivity contribution in [3.63, 3.8) is 0 Å².